The van der Waals surface area contributed by atoms with Crippen LogP contribution in [0.2, 0.25) is 0 Å². The van der Waals surface area contributed by atoms with Gasteiger partial charge in [-0.3, -0.25) is 0 Å². The number of hydrogen-bond donors (Lipinski definition) is 0. The Bertz CT molecular complexity index is 731. The Hall–Kier alpha value is -2.71. The fraction of sp³-hybridized carbons (Fsp3) is 0.316. The molecule has 24 heavy (non-hydrogen) atoms. The Kier molecular flexibility index (Phi) is 4.88. The molecule has 5 nitrogen and oxygen atoms in total. The van der Waals surface area contributed by atoms with Crippen LogP contribution in [0.1, 0.15) is 5.56 Å². The largest absolute Gasteiger partial charge is 0.497 e. The maximum absolute atomic E-state index is 8.71. The van der Waals surface area contributed by atoms with Crippen LogP contribution in [0.4, 0.5) is 0 Å². The zero-order chi connectivity index (χ0) is 16.9. The number of methoxy groups -OCH3 is 2. The first kappa shape index (κ1) is 16.2. The van der Waals surface area contributed by atoms with E-state index in [0.717, 1.165) is 28.2 Å². The van der Waals surface area contributed by atoms with Crippen LogP contribution in [0.3, 0.4) is 0 Å². The summed E-state index contributed by atoms with van der Waals surface area (Å²) in [5, 5.41) is 8.71. The highest BCUT2D eigenvalue weighted by molar-refractivity contribution is 5.72. The molecule has 0 aliphatic carbocycles. The number of nitrogens with zero attached hydrogens (tertiary/aromatic N) is 2. The molecule has 124 valence electrons. The number of benzene rings is 2. The first-order chi connectivity index (χ1) is 11.7. The summed E-state index contributed by atoms with van der Waals surface area (Å²) in [5.74, 6) is 1.61. The summed E-state index contributed by atoms with van der Waals surface area (Å²) in [4.78, 5) is 1.68. The second-order valence-corrected chi connectivity index (χ2v) is 5.70. The van der Waals surface area contributed by atoms with E-state index >= 15 is 0 Å². The molecule has 0 spiro atoms. The molecule has 1 heterocycles. The van der Waals surface area contributed by atoms with E-state index in [0.29, 0.717) is 19.7 Å². The van der Waals surface area contributed by atoms with Crippen molar-refractivity contribution < 1.29 is 14.2 Å². The van der Waals surface area contributed by atoms with Crippen LogP contribution >= 0.6 is 0 Å². The number of likely N-dealkylation sites (tertiary alicyclic amines) is 1. The first-order valence-corrected chi connectivity index (χ1v) is 7.81. The maximum Gasteiger partial charge on any atom is 0.179 e. The Morgan fingerprint density at radius 2 is 1.83 bits per heavy atom. The van der Waals surface area contributed by atoms with E-state index in [4.69, 9.17) is 19.5 Å². The third kappa shape index (κ3) is 3.44. The molecule has 0 atom stereocenters. The number of nitriles is 1. The van der Waals surface area contributed by atoms with Crippen LogP contribution in [-0.4, -0.2) is 38.3 Å². The van der Waals surface area contributed by atoms with Gasteiger partial charge < -0.3 is 19.1 Å². The molecule has 3 rings (SSSR count). The van der Waals surface area contributed by atoms with E-state index in [2.05, 4.69) is 30.5 Å². The van der Waals surface area contributed by atoms with Crippen molar-refractivity contribution in [3.05, 3.63) is 48.0 Å². The van der Waals surface area contributed by atoms with Crippen molar-refractivity contribution in [3.63, 3.8) is 0 Å². The smallest absolute Gasteiger partial charge is 0.179 e. The van der Waals surface area contributed by atoms with Gasteiger partial charge in [-0.15, -0.1) is 0 Å². The Balaban J connectivity index is 1.67. The second-order valence-electron chi connectivity index (χ2n) is 5.70. The summed E-state index contributed by atoms with van der Waals surface area (Å²) < 4.78 is 16.5. The molecule has 1 aliphatic heterocycles. The lowest BCUT2D eigenvalue weighted by Gasteiger charge is -2.34. The molecule has 0 unspecified atom stereocenters. The molecule has 1 saturated heterocycles. The van der Waals surface area contributed by atoms with Gasteiger partial charge in [-0.2, -0.15) is 5.26 Å². The summed E-state index contributed by atoms with van der Waals surface area (Å²) >= 11 is 0. The lowest BCUT2D eigenvalue weighted by Crippen LogP contribution is -2.49. The highest BCUT2D eigenvalue weighted by Crippen LogP contribution is 2.33. The van der Waals surface area contributed by atoms with Crippen LogP contribution in [0, 0.1) is 11.5 Å². The number of ether oxygens (including phenoxy) is 3. The van der Waals surface area contributed by atoms with Crippen molar-refractivity contribution in [1.82, 2.24) is 4.90 Å². The van der Waals surface area contributed by atoms with Gasteiger partial charge in [-0.1, -0.05) is 24.3 Å². The average Bonchev–Trinajstić information content (AvgIpc) is 2.60. The lowest BCUT2D eigenvalue weighted by atomic mass is 10.0. The zero-order valence-corrected chi connectivity index (χ0v) is 13.9. The van der Waals surface area contributed by atoms with E-state index < -0.39 is 0 Å². The quantitative estimate of drug-likeness (QED) is 0.765. The van der Waals surface area contributed by atoms with Crippen molar-refractivity contribution in [2.75, 3.05) is 27.3 Å². The van der Waals surface area contributed by atoms with E-state index in [9.17, 15) is 0 Å². The fourth-order valence-corrected chi connectivity index (χ4v) is 2.66. The SMILES string of the molecule is COc1ccc(OC)c(-c2ccc(COC3CN(C#N)C3)cc2)c1. The first-order valence-electron chi connectivity index (χ1n) is 7.81. The lowest BCUT2D eigenvalue weighted by molar-refractivity contribution is -0.0400. The standard InChI is InChI=1S/C19H20N2O3/c1-22-16-7-8-19(23-2)18(9-16)15-5-3-14(4-6-15)12-24-17-10-21(11-17)13-20/h3-9,17H,10-12H2,1-2H3. The van der Waals surface area contributed by atoms with Gasteiger partial charge in [-0.05, 0) is 29.3 Å². The zero-order valence-electron chi connectivity index (χ0n) is 13.9. The summed E-state index contributed by atoms with van der Waals surface area (Å²) in [7, 11) is 3.32. The minimum Gasteiger partial charge on any atom is -0.497 e. The predicted molar refractivity (Wildman–Crippen MR) is 90.7 cm³/mol. The Morgan fingerprint density at radius 3 is 2.46 bits per heavy atom. The van der Waals surface area contributed by atoms with Crippen LogP contribution in [0.25, 0.3) is 11.1 Å². The third-order valence-electron chi connectivity index (χ3n) is 4.15. The Morgan fingerprint density at radius 1 is 1.08 bits per heavy atom. The molecule has 0 aromatic heterocycles. The number of rotatable bonds is 6. The highest BCUT2D eigenvalue weighted by atomic mass is 16.5. The predicted octanol–water partition coefficient (Wildman–Crippen LogP) is 3.05. The van der Waals surface area contributed by atoms with Gasteiger partial charge in [0.15, 0.2) is 6.19 Å². The molecular weight excluding hydrogens is 304 g/mol. The van der Waals surface area contributed by atoms with Gasteiger partial charge in [0.25, 0.3) is 0 Å². The van der Waals surface area contributed by atoms with Crippen LogP contribution < -0.4 is 9.47 Å². The minimum atomic E-state index is 0.155. The maximum atomic E-state index is 8.71. The van der Waals surface area contributed by atoms with Crippen molar-refractivity contribution in [2.24, 2.45) is 0 Å². The third-order valence-corrected chi connectivity index (χ3v) is 4.15. The molecule has 0 amide bonds. The molecule has 0 N–H and O–H groups in total. The molecule has 1 aliphatic rings. The van der Waals surface area contributed by atoms with E-state index in [1.54, 1.807) is 19.1 Å². The van der Waals surface area contributed by atoms with Gasteiger partial charge in [0.2, 0.25) is 0 Å². The summed E-state index contributed by atoms with van der Waals surface area (Å²) in [6.45, 7) is 1.94. The molecule has 0 saturated carbocycles. The van der Waals surface area contributed by atoms with Gasteiger partial charge in [0.05, 0.1) is 40.0 Å². The second kappa shape index (κ2) is 7.24. The normalized spacial score (nSPS) is 14.0. The van der Waals surface area contributed by atoms with Crippen LogP contribution in [-0.2, 0) is 11.3 Å². The van der Waals surface area contributed by atoms with Crippen molar-refractivity contribution in [1.29, 1.82) is 5.26 Å². The molecule has 0 radical (unpaired) electrons. The van der Waals surface area contributed by atoms with Gasteiger partial charge in [0.1, 0.15) is 11.5 Å². The minimum absolute atomic E-state index is 0.155. The Labute approximate surface area is 142 Å². The van der Waals surface area contributed by atoms with Crippen LogP contribution in [0.15, 0.2) is 42.5 Å². The molecule has 5 heteroatoms. The van der Waals surface area contributed by atoms with Gasteiger partial charge >= 0.3 is 0 Å². The monoisotopic (exact) mass is 324 g/mol. The van der Waals surface area contributed by atoms with E-state index in [-0.39, 0.29) is 6.10 Å². The van der Waals surface area contributed by atoms with Crippen molar-refractivity contribution in [2.45, 2.75) is 12.7 Å². The molecule has 2 aromatic carbocycles. The van der Waals surface area contributed by atoms with Crippen molar-refractivity contribution in [3.8, 4) is 28.8 Å². The van der Waals surface area contributed by atoms with Crippen molar-refractivity contribution >= 4 is 0 Å². The summed E-state index contributed by atoms with van der Waals surface area (Å²) in [6.07, 6.45) is 2.26. The fourth-order valence-electron chi connectivity index (χ4n) is 2.66. The average molecular weight is 324 g/mol. The molecule has 2 aromatic rings. The molecular formula is C19H20N2O3. The van der Waals surface area contributed by atoms with E-state index in [1.807, 2.05) is 18.2 Å². The van der Waals surface area contributed by atoms with Gasteiger partial charge in [0, 0.05) is 5.56 Å². The highest BCUT2D eigenvalue weighted by Gasteiger charge is 2.26. The van der Waals surface area contributed by atoms with Crippen LogP contribution in [0.5, 0.6) is 11.5 Å². The summed E-state index contributed by atoms with van der Waals surface area (Å²) in [5.41, 5.74) is 3.16. The molecule has 1 fully saturated rings. The number of hydrogen-bond acceptors (Lipinski definition) is 5. The topological polar surface area (TPSA) is 54.7 Å². The molecule has 0 bridgehead atoms. The van der Waals surface area contributed by atoms with Gasteiger partial charge in [-0.25, -0.2) is 0 Å². The van der Waals surface area contributed by atoms with E-state index in [1.165, 1.54) is 0 Å². The summed E-state index contributed by atoms with van der Waals surface area (Å²) in [6, 6.07) is 14.0.